The van der Waals surface area contributed by atoms with Crippen LogP contribution in [0.4, 0.5) is 8.78 Å². The number of alkyl halides is 2. The van der Waals surface area contributed by atoms with Gasteiger partial charge in [-0.3, -0.25) is 4.79 Å². The van der Waals surface area contributed by atoms with Crippen LogP contribution in [0.1, 0.15) is 6.42 Å². The van der Waals surface area contributed by atoms with Gasteiger partial charge in [0.05, 0.1) is 23.1 Å². The molecule has 20 heavy (non-hydrogen) atoms. The summed E-state index contributed by atoms with van der Waals surface area (Å²) in [4.78, 5) is 11.3. The summed E-state index contributed by atoms with van der Waals surface area (Å²) in [6.45, 7) is -0.447. The summed E-state index contributed by atoms with van der Waals surface area (Å²) in [5.41, 5.74) is 0. The number of amides is 1. The normalized spacial score (nSPS) is 12.3. The molecule has 2 N–H and O–H groups in total. The molecule has 0 fully saturated rings. The Balaban J connectivity index is 2.26. The van der Waals surface area contributed by atoms with Crippen molar-refractivity contribution in [3.05, 3.63) is 28.2 Å². The zero-order valence-corrected chi connectivity index (χ0v) is 11.8. The minimum absolute atomic E-state index is 0.0315. The lowest BCUT2D eigenvalue weighted by atomic mass is 10.3. The standard InChI is InChI=1S/C12H13Cl2F2NO3/c13-8-2-1-7(5-9(8)14)20-4-3-11(19)17-6-10(18)12(15)16/h1-2,5,10,12,18H,3-4,6H2,(H,17,19). The number of ether oxygens (including phenoxy) is 1. The predicted octanol–water partition coefficient (Wildman–Crippen LogP) is 2.50. The van der Waals surface area contributed by atoms with E-state index in [1.54, 1.807) is 12.1 Å². The maximum absolute atomic E-state index is 12.0. The highest BCUT2D eigenvalue weighted by Gasteiger charge is 2.17. The van der Waals surface area contributed by atoms with Crippen LogP contribution in [0.25, 0.3) is 0 Å². The first-order valence-corrected chi connectivity index (χ1v) is 6.46. The van der Waals surface area contributed by atoms with E-state index in [4.69, 9.17) is 33.0 Å². The van der Waals surface area contributed by atoms with Crippen LogP contribution in [-0.4, -0.2) is 36.7 Å². The van der Waals surface area contributed by atoms with Crippen LogP contribution in [0.3, 0.4) is 0 Å². The average molecular weight is 328 g/mol. The molecule has 0 aliphatic heterocycles. The summed E-state index contributed by atoms with van der Waals surface area (Å²) in [6, 6.07) is 4.65. The van der Waals surface area contributed by atoms with Gasteiger partial charge in [-0.05, 0) is 12.1 Å². The number of carbonyl (C=O) groups is 1. The molecular weight excluding hydrogens is 315 g/mol. The van der Waals surface area contributed by atoms with Crippen LogP contribution in [-0.2, 0) is 4.79 Å². The number of halogens is 4. The smallest absolute Gasteiger partial charge is 0.265 e. The lowest BCUT2D eigenvalue weighted by Crippen LogP contribution is -2.36. The highest BCUT2D eigenvalue weighted by Crippen LogP contribution is 2.26. The van der Waals surface area contributed by atoms with Crippen molar-refractivity contribution in [3.63, 3.8) is 0 Å². The van der Waals surface area contributed by atoms with Crippen LogP contribution >= 0.6 is 23.2 Å². The molecule has 1 atom stereocenters. The van der Waals surface area contributed by atoms with E-state index in [0.717, 1.165) is 0 Å². The number of aliphatic hydroxyl groups is 1. The Morgan fingerprint density at radius 3 is 2.65 bits per heavy atom. The molecule has 0 bridgehead atoms. The van der Waals surface area contributed by atoms with Gasteiger partial charge in [0.15, 0.2) is 0 Å². The molecule has 1 unspecified atom stereocenters. The predicted molar refractivity (Wildman–Crippen MR) is 71.6 cm³/mol. The zero-order chi connectivity index (χ0) is 15.1. The lowest BCUT2D eigenvalue weighted by Gasteiger charge is -2.11. The minimum atomic E-state index is -2.89. The largest absolute Gasteiger partial charge is 0.493 e. The first-order valence-electron chi connectivity index (χ1n) is 5.71. The van der Waals surface area contributed by atoms with Crippen molar-refractivity contribution in [2.24, 2.45) is 0 Å². The highest BCUT2D eigenvalue weighted by atomic mass is 35.5. The van der Waals surface area contributed by atoms with E-state index in [1.165, 1.54) is 6.07 Å². The van der Waals surface area contributed by atoms with Crippen molar-refractivity contribution in [3.8, 4) is 5.75 Å². The monoisotopic (exact) mass is 327 g/mol. The van der Waals surface area contributed by atoms with Crippen LogP contribution in [0.5, 0.6) is 5.75 Å². The third-order valence-electron chi connectivity index (χ3n) is 2.29. The van der Waals surface area contributed by atoms with E-state index in [1.807, 2.05) is 0 Å². The Labute approximate surface area is 124 Å². The van der Waals surface area contributed by atoms with Gasteiger partial charge in [0.2, 0.25) is 5.91 Å². The Bertz CT molecular complexity index is 460. The molecule has 0 aromatic heterocycles. The first kappa shape index (κ1) is 16.9. The van der Waals surface area contributed by atoms with Gasteiger partial charge < -0.3 is 15.2 Å². The number of carbonyl (C=O) groups excluding carboxylic acids is 1. The van der Waals surface area contributed by atoms with Gasteiger partial charge in [0.1, 0.15) is 11.9 Å². The number of rotatable bonds is 7. The third-order valence-corrected chi connectivity index (χ3v) is 3.03. The van der Waals surface area contributed by atoms with E-state index < -0.39 is 25.0 Å². The number of aliphatic hydroxyl groups excluding tert-OH is 1. The fourth-order valence-electron chi connectivity index (χ4n) is 1.22. The van der Waals surface area contributed by atoms with E-state index in [2.05, 4.69) is 5.32 Å². The maximum atomic E-state index is 12.0. The Hall–Kier alpha value is -1.11. The summed E-state index contributed by atoms with van der Waals surface area (Å²) >= 11 is 11.5. The molecular formula is C12H13Cl2F2NO3. The van der Waals surface area contributed by atoms with Crippen LogP contribution in [0, 0.1) is 0 Å². The molecule has 112 valence electrons. The van der Waals surface area contributed by atoms with E-state index >= 15 is 0 Å². The van der Waals surface area contributed by atoms with Crippen molar-refractivity contribution < 1.29 is 23.4 Å². The summed E-state index contributed by atoms with van der Waals surface area (Å²) in [7, 11) is 0. The summed E-state index contributed by atoms with van der Waals surface area (Å²) in [5, 5.41) is 11.7. The van der Waals surface area contributed by atoms with Crippen LogP contribution in [0.2, 0.25) is 10.0 Å². The molecule has 0 aliphatic rings. The highest BCUT2D eigenvalue weighted by molar-refractivity contribution is 6.42. The second-order valence-corrected chi connectivity index (χ2v) is 4.69. The molecule has 1 aromatic rings. The van der Waals surface area contributed by atoms with Gasteiger partial charge in [0.25, 0.3) is 6.43 Å². The SMILES string of the molecule is O=C(CCOc1ccc(Cl)c(Cl)c1)NCC(O)C(F)F. The molecule has 0 spiro atoms. The quantitative estimate of drug-likeness (QED) is 0.809. The molecule has 0 aliphatic carbocycles. The van der Waals surface area contributed by atoms with Crippen molar-refractivity contribution >= 4 is 29.1 Å². The van der Waals surface area contributed by atoms with E-state index in [-0.39, 0.29) is 13.0 Å². The average Bonchev–Trinajstić information content (AvgIpc) is 2.40. The van der Waals surface area contributed by atoms with Crippen molar-refractivity contribution in [1.82, 2.24) is 5.32 Å². The molecule has 4 nitrogen and oxygen atoms in total. The van der Waals surface area contributed by atoms with Gasteiger partial charge in [-0.1, -0.05) is 23.2 Å². The van der Waals surface area contributed by atoms with Gasteiger partial charge in [-0.2, -0.15) is 0 Å². The van der Waals surface area contributed by atoms with Gasteiger partial charge in [-0.25, -0.2) is 8.78 Å². The lowest BCUT2D eigenvalue weighted by molar-refractivity contribution is -0.122. The van der Waals surface area contributed by atoms with E-state index in [9.17, 15) is 13.6 Å². The summed E-state index contributed by atoms with van der Waals surface area (Å²) in [5.74, 6) is -0.0513. The summed E-state index contributed by atoms with van der Waals surface area (Å²) in [6.07, 6.45) is -4.78. The molecule has 0 saturated carbocycles. The topological polar surface area (TPSA) is 58.6 Å². The van der Waals surface area contributed by atoms with Gasteiger partial charge >= 0.3 is 0 Å². The van der Waals surface area contributed by atoms with Crippen LogP contribution in [0.15, 0.2) is 18.2 Å². The molecule has 1 rings (SSSR count). The number of hydrogen-bond donors (Lipinski definition) is 2. The summed E-state index contributed by atoms with van der Waals surface area (Å²) < 4.78 is 29.2. The Morgan fingerprint density at radius 2 is 2.05 bits per heavy atom. The minimum Gasteiger partial charge on any atom is -0.493 e. The van der Waals surface area contributed by atoms with Crippen LogP contribution < -0.4 is 10.1 Å². The second kappa shape index (κ2) is 8.24. The fourth-order valence-corrected chi connectivity index (χ4v) is 1.51. The third kappa shape index (κ3) is 5.90. The first-order chi connectivity index (χ1) is 9.40. The number of benzene rings is 1. The molecule has 0 saturated heterocycles. The Kier molecular flexibility index (Phi) is 6.98. The molecule has 1 amide bonds. The molecule has 0 heterocycles. The molecule has 8 heteroatoms. The molecule has 1 aromatic carbocycles. The zero-order valence-electron chi connectivity index (χ0n) is 10.3. The van der Waals surface area contributed by atoms with Gasteiger partial charge in [0, 0.05) is 12.6 Å². The van der Waals surface area contributed by atoms with Crippen molar-refractivity contribution in [1.29, 1.82) is 0 Å². The fraction of sp³-hybridized carbons (Fsp3) is 0.417. The van der Waals surface area contributed by atoms with Crippen molar-refractivity contribution in [2.45, 2.75) is 19.0 Å². The maximum Gasteiger partial charge on any atom is 0.265 e. The number of nitrogens with one attached hydrogen (secondary N) is 1. The second-order valence-electron chi connectivity index (χ2n) is 3.88. The van der Waals surface area contributed by atoms with Gasteiger partial charge in [-0.15, -0.1) is 0 Å². The molecule has 0 radical (unpaired) electrons. The Morgan fingerprint density at radius 1 is 1.35 bits per heavy atom. The van der Waals surface area contributed by atoms with E-state index in [0.29, 0.717) is 15.8 Å². The number of hydrogen-bond acceptors (Lipinski definition) is 3. The van der Waals surface area contributed by atoms with Crippen molar-refractivity contribution in [2.75, 3.05) is 13.2 Å².